The van der Waals surface area contributed by atoms with Crippen molar-refractivity contribution in [3.63, 3.8) is 0 Å². The number of aryl methyl sites for hydroxylation is 1. The number of nitrogens with zero attached hydrogens (tertiary/aromatic N) is 5. The molecule has 0 amide bonds. The van der Waals surface area contributed by atoms with Gasteiger partial charge in [-0.05, 0) is 28.5 Å². The average molecular weight is 305 g/mol. The number of hydrogen-bond acceptors (Lipinski definition) is 6. The zero-order chi connectivity index (χ0) is 13.8. The summed E-state index contributed by atoms with van der Waals surface area (Å²) in [4.78, 5) is 4.69. The maximum absolute atomic E-state index is 4.69. The van der Waals surface area contributed by atoms with E-state index in [1.165, 1.54) is 5.56 Å². The summed E-state index contributed by atoms with van der Waals surface area (Å²) in [6.45, 7) is 2.99. The molecule has 0 bridgehead atoms. The average Bonchev–Trinajstić information content (AvgIpc) is 2.93. The minimum Gasteiger partial charge on any atom is -0.235 e. The summed E-state index contributed by atoms with van der Waals surface area (Å²) in [5.41, 5.74) is 2.39. The number of rotatable bonds is 4. The van der Waals surface area contributed by atoms with Gasteiger partial charge >= 0.3 is 0 Å². The Morgan fingerprint density at radius 2 is 2.25 bits per heavy atom. The number of tetrazole rings is 1. The van der Waals surface area contributed by atoms with E-state index in [-0.39, 0.29) is 0 Å². The number of hydrogen-bond donors (Lipinski definition) is 0. The fourth-order valence-corrected chi connectivity index (χ4v) is 3.92. The van der Waals surface area contributed by atoms with Gasteiger partial charge in [-0.1, -0.05) is 48.6 Å². The Bertz CT molecular complexity index is 623. The molecule has 0 N–H and O–H groups in total. The molecular weight excluding hydrogens is 290 g/mol. The molecule has 0 saturated heterocycles. The van der Waals surface area contributed by atoms with Crippen LogP contribution >= 0.6 is 23.5 Å². The molecule has 2 aromatic rings. The summed E-state index contributed by atoms with van der Waals surface area (Å²) in [5, 5.41) is 11.8. The smallest absolute Gasteiger partial charge is 0.161 e. The van der Waals surface area contributed by atoms with Crippen molar-refractivity contribution < 1.29 is 0 Å². The fraction of sp³-hybridized carbons (Fsp3) is 0.385. The first-order valence-electron chi connectivity index (χ1n) is 6.54. The highest BCUT2D eigenvalue weighted by Crippen LogP contribution is 2.35. The number of thioether (sulfide) groups is 2. The summed E-state index contributed by atoms with van der Waals surface area (Å²) in [6.07, 6.45) is 1.03. The van der Waals surface area contributed by atoms with Gasteiger partial charge in [-0.3, -0.25) is 0 Å². The molecule has 0 atom stereocenters. The summed E-state index contributed by atoms with van der Waals surface area (Å²) in [7, 11) is 0. The van der Waals surface area contributed by atoms with Crippen LogP contribution in [-0.2, 0) is 18.1 Å². The second-order valence-corrected chi connectivity index (χ2v) is 6.59. The Kier molecular flexibility index (Phi) is 4.37. The molecule has 20 heavy (non-hydrogen) atoms. The van der Waals surface area contributed by atoms with E-state index in [9.17, 15) is 0 Å². The van der Waals surface area contributed by atoms with Gasteiger partial charge < -0.3 is 0 Å². The number of aliphatic imine (C=N–C) groups is 1. The van der Waals surface area contributed by atoms with Crippen LogP contribution in [0.4, 0.5) is 5.69 Å². The predicted octanol–water partition coefficient (Wildman–Crippen LogP) is 3.25. The van der Waals surface area contributed by atoms with E-state index in [4.69, 9.17) is 0 Å². The second-order valence-electron chi connectivity index (χ2n) is 4.40. The number of fused-ring (bicyclic) bond motifs is 1. The van der Waals surface area contributed by atoms with Gasteiger partial charge in [0.2, 0.25) is 0 Å². The van der Waals surface area contributed by atoms with E-state index < -0.39 is 0 Å². The lowest BCUT2D eigenvalue weighted by atomic mass is 10.2. The minimum atomic E-state index is 0.765. The molecule has 0 fully saturated rings. The maximum Gasteiger partial charge on any atom is 0.161 e. The quantitative estimate of drug-likeness (QED) is 0.868. The van der Waals surface area contributed by atoms with Crippen molar-refractivity contribution in [1.29, 1.82) is 0 Å². The Morgan fingerprint density at radius 1 is 1.35 bits per heavy atom. The first kappa shape index (κ1) is 13.6. The molecule has 7 heteroatoms. The largest absolute Gasteiger partial charge is 0.235 e. The van der Waals surface area contributed by atoms with Crippen molar-refractivity contribution in [3.8, 4) is 0 Å². The highest BCUT2D eigenvalue weighted by Gasteiger charge is 2.14. The van der Waals surface area contributed by atoms with Gasteiger partial charge in [0.05, 0.1) is 11.4 Å². The minimum absolute atomic E-state index is 0.765. The molecule has 0 radical (unpaired) electrons. The Morgan fingerprint density at radius 3 is 3.15 bits per heavy atom. The van der Waals surface area contributed by atoms with Crippen molar-refractivity contribution in [1.82, 2.24) is 20.2 Å². The van der Waals surface area contributed by atoms with Gasteiger partial charge in [-0.2, -0.15) is 0 Å². The normalized spacial score (nSPS) is 13.9. The topological polar surface area (TPSA) is 56.0 Å². The molecule has 1 aliphatic heterocycles. The van der Waals surface area contributed by atoms with Crippen LogP contribution in [0.25, 0.3) is 0 Å². The number of para-hydroxylation sites is 1. The summed E-state index contributed by atoms with van der Waals surface area (Å²) in [5.74, 6) is 2.67. The van der Waals surface area contributed by atoms with Crippen LogP contribution in [-0.4, -0.2) is 24.6 Å². The van der Waals surface area contributed by atoms with E-state index in [1.807, 2.05) is 10.7 Å². The summed E-state index contributed by atoms with van der Waals surface area (Å²) < 4.78 is 2.96. The fourth-order valence-electron chi connectivity index (χ4n) is 1.92. The molecule has 0 saturated carbocycles. The lowest BCUT2D eigenvalue weighted by Crippen LogP contribution is -2.05. The summed E-state index contributed by atoms with van der Waals surface area (Å²) >= 11 is 3.49. The Balaban J connectivity index is 1.67. The molecule has 2 heterocycles. The molecule has 0 aliphatic carbocycles. The molecule has 1 aliphatic rings. The van der Waals surface area contributed by atoms with Crippen LogP contribution in [0.1, 0.15) is 24.7 Å². The molecule has 3 rings (SSSR count). The van der Waals surface area contributed by atoms with Crippen molar-refractivity contribution in [2.45, 2.75) is 31.4 Å². The van der Waals surface area contributed by atoms with Gasteiger partial charge in [-0.15, -0.1) is 5.10 Å². The van der Waals surface area contributed by atoms with Gasteiger partial charge in [-0.25, -0.2) is 9.67 Å². The van der Waals surface area contributed by atoms with E-state index in [2.05, 4.69) is 45.6 Å². The molecule has 1 aromatic heterocycles. The third-order valence-electron chi connectivity index (χ3n) is 2.92. The highest BCUT2D eigenvalue weighted by molar-refractivity contribution is 8.38. The van der Waals surface area contributed by atoms with Gasteiger partial charge in [0, 0.05) is 12.3 Å². The molecule has 0 unspecified atom stereocenters. The van der Waals surface area contributed by atoms with E-state index in [0.29, 0.717) is 0 Å². The van der Waals surface area contributed by atoms with Crippen LogP contribution in [0, 0.1) is 0 Å². The third-order valence-corrected chi connectivity index (χ3v) is 5.16. The molecule has 5 nitrogen and oxygen atoms in total. The van der Waals surface area contributed by atoms with Crippen LogP contribution < -0.4 is 0 Å². The third kappa shape index (κ3) is 3.04. The zero-order valence-electron chi connectivity index (χ0n) is 11.2. The Labute approximate surface area is 126 Å². The monoisotopic (exact) mass is 305 g/mol. The van der Waals surface area contributed by atoms with Gasteiger partial charge in [0.1, 0.15) is 4.38 Å². The zero-order valence-corrected chi connectivity index (χ0v) is 12.8. The SMILES string of the molecule is CCCn1nnnc1CSC1=Nc2ccccc2CS1. The highest BCUT2D eigenvalue weighted by atomic mass is 32.2. The first-order chi connectivity index (χ1) is 9.86. The van der Waals surface area contributed by atoms with Crippen molar-refractivity contribution in [2.75, 3.05) is 0 Å². The van der Waals surface area contributed by atoms with Gasteiger partial charge in [0.15, 0.2) is 5.82 Å². The standard InChI is InChI=1S/C13H15N5S2/c1-2-7-18-12(15-16-17-18)9-20-13-14-11-6-4-3-5-10(11)8-19-13/h3-6H,2,7-9H2,1H3. The number of aromatic nitrogens is 4. The molecule has 1 aromatic carbocycles. The maximum atomic E-state index is 4.69. The Hall–Kier alpha value is -1.34. The number of benzene rings is 1. The molecular formula is C13H15N5S2. The first-order valence-corrected chi connectivity index (χ1v) is 8.51. The van der Waals surface area contributed by atoms with Crippen molar-refractivity contribution >= 4 is 33.6 Å². The van der Waals surface area contributed by atoms with Gasteiger partial charge in [0.25, 0.3) is 0 Å². The van der Waals surface area contributed by atoms with Crippen LogP contribution in [0.2, 0.25) is 0 Å². The van der Waals surface area contributed by atoms with Crippen LogP contribution in [0.15, 0.2) is 29.3 Å². The lowest BCUT2D eigenvalue weighted by Gasteiger charge is -2.13. The van der Waals surface area contributed by atoms with Crippen molar-refractivity contribution in [3.05, 3.63) is 35.7 Å². The van der Waals surface area contributed by atoms with Crippen molar-refractivity contribution in [2.24, 2.45) is 4.99 Å². The predicted molar refractivity (Wildman–Crippen MR) is 84.2 cm³/mol. The summed E-state index contributed by atoms with van der Waals surface area (Å²) in [6, 6.07) is 8.29. The van der Waals surface area contributed by atoms with E-state index in [0.717, 1.165) is 40.4 Å². The van der Waals surface area contributed by atoms with E-state index in [1.54, 1.807) is 23.5 Å². The molecule has 104 valence electrons. The molecule has 0 spiro atoms. The van der Waals surface area contributed by atoms with Crippen LogP contribution in [0.3, 0.4) is 0 Å². The second kappa shape index (κ2) is 6.41. The van der Waals surface area contributed by atoms with Crippen LogP contribution in [0.5, 0.6) is 0 Å². The van der Waals surface area contributed by atoms with E-state index >= 15 is 0 Å². The lowest BCUT2D eigenvalue weighted by molar-refractivity contribution is 0.564.